The Balaban J connectivity index is 1.42. The molecule has 3 N–H and O–H groups in total. The Morgan fingerprint density at radius 1 is 1.00 bits per heavy atom. The first-order valence-electron chi connectivity index (χ1n) is 10.9. The van der Waals surface area contributed by atoms with Gasteiger partial charge in [0, 0.05) is 17.2 Å². The predicted molar refractivity (Wildman–Crippen MR) is 132 cm³/mol. The molecule has 0 atom stereocenters. The molecule has 0 unspecified atom stereocenters. The van der Waals surface area contributed by atoms with Crippen LogP contribution in [-0.2, 0) is 21.2 Å². The standard InChI is InChI=1S/C25H24FN5O3S/c1-16(2)24-28-25(30-29-24)21-5-3-4-6-22(21)27-23(32)15-17-7-11-19(12-8-17)31-35(33,34)20-13-9-18(26)10-14-20/h3-14,16,31H,15H2,1-2H3,(H,27,32)(H,28,29,30). The quantitative estimate of drug-likeness (QED) is 0.328. The van der Waals surface area contributed by atoms with Gasteiger partial charge in [0.15, 0.2) is 5.82 Å². The van der Waals surface area contributed by atoms with E-state index in [1.165, 1.54) is 12.1 Å². The number of sulfonamides is 1. The van der Waals surface area contributed by atoms with Crippen molar-refractivity contribution in [3.63, 3.8) is 0 Å². The van der Waals surface area contributed by atoms with Crippen molar-refractivity contribution in [2.75, 3.05) is 10.0 Å². The first kappa shape index (κ1) is 24.1. The third-order valence-electron chi connectivity index (χ3n) is 5.19. The van der Waals surface area contributed by atoms with Gasteiger partial charge in [-0.25, -0.2) is 17.8 Å². The maximum Gasteiger partial charge on any atom is 0.261 e. The van der Waals surface area contributed by atoms with Crippen molar-refractivity contribution in [2.45, 2.75) is 31.1 Å². The molecule has 8 nitrogen and oxygen atoms in total. The molecule has 0 bridgehead atoms. The third-order valence-corrected chi connectivity index (χ3v) is 6.58. The van der Waals surface area contributed by atoms with Crippen molar-refractivity contribution in [3.8, 4) is 11.4 Å². The lowest BCUT2D eigenvalue weighted by Gasteiger charge is -2.10. The fraction of sp³-hybridized carbons (Fsp3) is 0.160. The Bertz CT molecular complexity index is 1430. The van der Waals surface area contributed by atoms with E-state index < -0.39 is 15.8 Å². The Kier molecular flexibility index (Phi) is 6.92. The summed E-state index contributed by atoms with van der Waals surface area (Å²) in [6.45, 7) is 4.02. The van der Waals surface area contributed by atoms with Crippen molar-refractivity contribution in [1.82, 2.24) is 15.2 Å². The second kappa shape index (κ2) is 10.1. The molecule has 0 aliphatic rings. The van der Waals surface area contributed by atoms with Gasteiger partial charge < -0.3 is 5.32 Å². The van der Waals surface area contributed by atoms with E-state index in [1.807, 2.05) is 32.0 Å². The largest absolute Gasteiger partial charge is 0.325 e. The van der Waals surface area contributed by atoms with Crippen molar-refractivity contribution >= 4 is 27.3 Å². The molecule has 0 aliphatic carbocycles. The van der Waals surface area contributed by atoms with Crippen LogP contribution in [0.2, 0.25) is 0 Å². The fourth-order valence-electron chi connectivity index (χ4n) is 3.34. The van der Waals surface area contributed by atoms with Gasteiger partial charge in [0.2, 0.25) is 5.91 Å². The maximum absolute atomic E-state index is 13.1. The highest BCUT2D eigenvalue weighted by Crippen LogP contribution is 2.26. The van der Waals surface area contributed by atoms with Crippen LogP contribution in [0.15, 0.2) is 77.7 Å². The zero-order chi connectivity index (χ0) is 25.0. The molecule has 180 valence electrons. The van der Waals surface area contributed by atoms with Gasteiger partial charge in [-0.15, -0.1) is 0 Å². The smallest absolute Gasteiger partial charge is 0.261 e. The fourth-order valence-corrected chi connectivity index (χ4v) is 4.40. The maximum atomic E-state index is 13.1. The van der Waals surface area contributed by atoms with Crippen LogP contribution in [0.3, 0.4) is 0 Å². The summed E-state index contributed by atoms with van der Waals surface area (Å²) in [5.74, 6) is 0.701. The van der Waals surface area contributed by atoms with Gasteiger partial charge in [0.25, 0.3) is 10.0 Å². The van der Waals surface area contributed by atoms with E-state index in [2.05, 4.69) is 25.2 Å². The lowest BCUT2D eigenvalue weighted by Crippen LogP contribution is -2.15. The number of aromatic amines is 1. The number of hydrogen-bond acceptors (Lipinski definition) is 5. The molecule has 1 aromatic heterocycles. The van der Waals surface area contributed by atoms with Gasteiger partial charge in [0.05, 0.1) is 17.0 Å². The predicted octanol–water partition coefficient (Wildman–Crippen LogP) is 4.72. The van der Waals surface area contributed by atoms with Crippen LogP contribution in [0, 0.1) is 5.82 Å². The van der Waals surface area contributed by atoms with Crippen LogP contribution in [0.4, 0.5) is 15.8 Å². The highest BCUT2D eigenvalue weighted by atomic mass is 32.2. The van der Waals surface area contributed by atoms with E-state index in [0.29, 0.717) is 28.3 Å². The number of carbonyl (C=O) groups is 1. The van der Waals surface area contributed by atoms with Crippen molar-refractivity contribution in [2.24, 2.45) is 0 Å². The summed E-state index contributed by atoms with van der Waals surface area (Å²) in [6.07, 6.45) is 0.0879. The Morgan fingerprint density at radius 2 is 1.69 bits per heavy atom. The molecule has 4 rings (SSSR count). The van der Waals surface area contributed by atoms with Crippen molar-refractivity contribution < 1.29 is 17.6 Å². The van der Waals surface area contributed by atoms with Crippen LogP contribution in [0.25, 0.3) is 11.4 Å². The summed E-state index contributed by atoms with van der Waals surface area (Å²) >= 11 is 0. The molecule has 4 aromatic rings. The molecule has 3 aromatic carbocycles. The number of carbonyl (C=O) groups excluding carboxylic acids is 1. The number of aromatic nitrogens is 3. The van der Waals surface area contributed by atoms with E-state index in [4.69, 9.17) is 0 Å². The highest BCUT2D eigenvalue weighted by Gasteiger charge is 2.16. The van der Waals surface area contributed by atoms with Crippen molar-refractivity contribution in [3.05, 3.63) is 90.0 Å². The molecule has 0 fully saturated rings. The number of benzene rings is 3. The summed E-state index contributed by atoms with van der Waals surface area (Å²) in [7, 11) is -3.85. The molecule has 1 amide bonds. The topological polar surface area (TPSA) is 117 Å². The third kappa shape index (κ3) is 5.90. The molecular weight excluding hydrogens is 469 g/mol. The second-order valence-corrected chi connectivity index (χ2v) is 9.91. The van der Waals surface area contributed by atoms with E-state index in [1.54, 1.807) is 30.3 Å². The lowest BCUT2D eigenvalue weighted by atomic mass is 10.1. The average molecular weight is 494 g/mol. The summed E-state index contributed by atoms with van der Waals surface area (Å²) in [5.41, 5.74) is 2.32. The summed E-state index contributed by atoms with van der Waals surface area (Å²) < 4.78 is 40.4. The molecule has 1 heterocycles. The first-order chi connectivity index (χ1) is 16.7. The molecule has 0 aliphatic heterocycles. The monoisotopic (exact) mass is 493 g/mol. The van der Waals surface area contributed by atoms with Crippen LogP contribution < -0.4 is 10.0 Å². The zero-order valence-corrected chi connectivity index (χ0v) is 19.9. The Hall–Kier alpha value is -4.05. The molecule has 0 saturated carbocycles. The van der Waals surface area contributed by atoms with Crippen LogP contribution in [0.1, 0.15) is 31.2 Å². The van der Waals surface area contributed by atoms with Gasteiger partial charge in [-0.1, -0.05) is 38.1 Å². The molecule has 10 heteroatoms. The zero-order valence-electron chi connectivity index (χ0n) is 19.1. The summed E-state index contributed by atoms with van der Waals surface area (Å²) in [5, 5.41) is 10.1. The van der Waals surface area contributed by atoms with Crippen LogP contribution >= 0.6 is 0 Å². The van der Waals surface area contributed by atoms with Gasteiger partial charge in [-0.3, -0.25) is 14.6 Å². The summed E-state index contributed by atoms with van der Waals surface area (Å²) in [4.78, 5) is 17.2. The minimum absolute atomic E-state index is 0.0482. The van der Waals surface area contributed by atoms with E-state index in [0.717, 1.165) is 18.0 Å². The lowest BCUT2D eigenvalue weighted by molar-refractivity contribution is -0.115. The number of amides is 1. The number of hydrogen-bond donors (Lipinski definition) is 3. The normalized spacial score (nSPS) is 11.4. The number of halogens is 1. The SMILES string of the molecule is CC(C)c1nc(-c2ccccc2NC(=O)Cc2ccc(NS(=O)(=O)c3ccc(F)cc3)cc2)n[nH]1. The number of rotatable bonds is 8. The minimum atomic E-state index is -3.85. The number of anilines is 2. The minimum Gasteiger partial charge on any atom is -0.325 e. The van der Waals surface area contributed by atoms with Crippen molar-refractivity contribution in [1.29, 1.82) is 0 Å². The molecule has 0 spiro atoms. The van der Waals surface area contributed by atoms with Gasteiger partial charge in [-0.2, -0.15) is 5.10 Å². The number of nitrogens with one attached hydrogen (secondary N) is 3. The van der Waals surface area contributed by atoms with E-state index >= 15 is 0 Å². The van der Waals surface area contributed by atoms with Gasteiger partial charge in [-0.05, 0) is 54.1 Å². The first-order valence-corrected chi connectivity index (χ1v) is 12.4. The number of H-pyrrole nitrogens is 1. The van der Waals surface area contributed by atoms with Gasteiger partial charge in [0.1, 0.15) is 11.6 Å². The highest BCUT2D eigenvalue weighted by molar-refractivity contribution is 7.92. The Morgan fingerprint density at radius 3 is 2.34 bits per heavy atom. The molecular formula is C25H24FN5O3S. The molecule has 0 radical (unpaired) electrons. The second-order valence-electron chi connectivity index (χ2n) is 8.23. The van der Waals surface area contributed by atoms with Crippen LogP contribution in [0.5, 0.6) is 0 Å². The number of nitrogens with zero attached hydrogens (tertiary/aromatic N) is 2. The van der Waals surface area contributed by atoms with E-state index in [-0.39, 0.29) is 23.1 Å². The molecule has 0 saturated heterocycles. The van der Waals surface area contributed by atoms with E-state index in [9.17, 15) is 17.6 Å². The van der Waals surface area contributed by atoms with Crippen LogP contribution in [-0.4, -0.2) is 29.5 Å². The Labute approximate surface area is 202 Å². The van der Waals surface area contributed by atoms with Gasteiger partial charge >= 0.3 is 0 Å². The number of para-hydroxylation sites is 1. The summed E-state index contributed by atoms with van der Waals surface area (Å²) in [6, 6.07) is 18.3. The average Bonchev–Trinajstić information content (AvgIpc) is 3.31. The molecule has 35 heavy (non-hydrogen) atoms.